The molecule has 4 rings (SSSR count). The van der Waals surface area contributed by atoms with Gasteiger partial charge >= 0.3 is 0 Å². The van der Waals surface area contributed by atoms with Gasteiger partial charge in [0.15, 0.2) is 5.17 Å². The fraction of sp³-hybridized carbons (Fsp3) is 0.400. The maximum Gasteiger partial charge on any atom is 0.267 e. The molecule has 8 heteroatoms. The molecule has 1 saturated carbocycles. The summed E-state index contributed by atoms with van der Waals surface area (Å²) in [5.74, 6) is 0.229. The van der Waals surface area contributed by atoms with Gasteiger partial charge in [-0.2, -0.15) is 4.99 Å². The second-order valence-corrected chi connectivity index (χ2v) is 9.21. The summed E-state index contributed by atoms with van der Waals surface area (Å²) in [4.78, 5) is 20.6. The molecule has 1 aromatic heterocycles. The highest BCUT2D eigenvalue weighted by Crippen LogP contribution is 2.41. The number of phenolic OH excluding ortho intramolecular Hbond substituents is 1. The summed E-state index contributed by atoms with van der Waals surface area (Å²) in [6.07, 6.45) is 5.52. The third kappa shape index (κ3) is 3.84. The predicted octanol–water partition coefficient (Wildman–Crippen LogP) is 4.88. The van der Waals surface area contributed by atoms with Crippen molar-refractivity contribution in [3.63, 3.8) is 0 Å². The average molecular weight is 415 g/mol. The number of carbonyl (C=O) groups is 1. The van der Waals surface area contributed by atoms with Gasteiger partial charge in [-0.05, 0) is 61.7 Å². The standard InChI is InChI=1S/C20H22N4O2S2/c1-12(14-8-10-16(25)11-9-14)17-18(26)24(15-6-4-3-5-7-15)20(28-17)21-19-23-22-13(2)27-19/h8-11,15,25H,3-7H2,1-2H3/b17-12-,21-20+. The fourth-order valence-electron chi connectivity index (χ4n) is 3.61. The molecular weight excluding hydrogens is 392 g/mol. The highest BCUT2D eigenvalue weighted by Gasteiger charge is 2.40. The van der Waals surface area contributed by atoms with Gasteiger partial charge in [0.25, 0.3) is 5.91 Å². The molecule has 2 fully saturated rings. The fourth-order valence-corrected chi connectivity index (χ4v) is 5.33. The quantitative estimate of drug-likeness (QED) is 0.724. The summed E-state index contributed by atoms with van der Waals surface area (Å²) in [5.41, 5.74) is 1.82. The van der Waals surface area contributed by atoms with Gasteiger partial charge < -0.3 is 5.11 Å². The maximum absolute atomic E-state index is 13.4. The molecule has 1 amide bonds. The van der Waals surface area contributed by atoms with Gasteiger partial charge in [0.05, 0.1) is 4.91 Å². The second kappa shape index (κ2) is 8.05. The number of rotatable bonds is 3. The second-order valence-electron chi connectivity index (χ2n) is 7.07. The van der Waals surface area contributed by atoms with Crippen molar-refractivity contribution >= 4 is 44.9 Å². The summed E-state index contributed by atoms with van der Waals surface area (Å²) < 4.78 is 0. The Morgan fingerprint density at radius 3 is 2.54 bits per heavy atom. The lowest BCUT2D eigenvalue weighted by atomic mass is 9.94. The minimum absolute atomic E-state index is 0.0162. The van der Waals surface area contributed by atoms with E-state index in [0.29, 0.717) is 15.2 Å². The van der Waals surface area contributed by atoms with Gasteiger partial charge in [-0.15, -0.1) is 10.2 Å². The number of aromatic hydroxyl groups is 1. The third-order valence-corrected chi connectivity index (χ3v) is 6.99. The first-order valence-electron chi connectivity index (χ1n) is 9.43. The normalized spacial score (nSPS) is 21.6. The van der Waals surface area contributed by atoms with E-state index >= 15 is 0 Å². The topological polar surface area (TPSA) is 78.7 Å². The van der Waals surface area contributed by atoms with E-state index in [-0.39, 0.29) is 17.7 Å². The van der Waals surface area contributed by atoms with Gasteiger partial charge in [0.1, 0.15) is 10.8 Å². The predicted molar refractivity (Wildman–Crippen MR) is 114 cm³/mol. The lowest BCUT2D eigenvalue weighted by molar-refractivity contribution is -0.124. The lowest BCUT2D eigenvalue weighted by Gasteiger charge is -2.30. The van der Waals surface area contributed by atoms with Crippen molar-refractivity contribution in [2.45, 2.75) is 52.0 Å². The minimum Gasteiger partial charge on any atom is -0.508 e. The molecule has 1 aliphatic carbocycles. The monoisotopic (exact) mass is 414 g/mol. The first-order chi connectivity index (χ1) is 13.5. The number of amidine groups is 1. The number of hydrogen-bond acceptors (Lipinski definition) is 7. The molecule has 0 radical (unpaired) electrons. The van der Waals surface area contributed by atoms with Crippen molar-refractivity contribution in [1.82, 2.24) is 15.1 Å². The van der Waals surface area contributed by atoms with Crippen molar-refractivity contribution in [3.05, 3.63) is 39.7 Å². The van der Waals surface area contributed by atoms with E-state index in [2.05, 4.69) is 15.2 Å². The van der Waals surface area contributed by atoms with E-state index in [4.69, 9.17) is 0 Å². The number of aryl methyl sites for hydroxylation is 1. The van der Waals surface area contributed by atoms with Crippen LogP contribution >= 0.6 is 23.1 Å². The van der Waals surface area contributed by atoms with Crippen LogP contribution in [0.3, 0.4) is 0 Å². The van der Waals surface area contributed by atoms with Crippen molar-refractivity contribution in [3.8, 4) is 5.75 Å². The molecular formula is C20H22N4O2S2. The minimum atomic E-state index is 0.0162. The lowest BCUT2D eigenvalue weighted by Crippen LogP contribution is -2.40. The number of thioether (sulfide) groups is 1. The number of allylic oxidation sites excluding steroid dienone is 1. The number of benzene rings is 1. The van der Waals surface area contributed by atoms with Crippen LogP contribution < -0.4 is 0 Å². The van der Waals surface area contributed by atoms with E-state index in [1.165, 1.54) is 29.5 Å². The summed E-state index contributed by atoms with van der Waals surface area (Å²) in [6, 6.07) is 7.13. The largest absolute Gasteiger partial charge is 0.508 e. The van der Waals surface area contributed by atoms with E-state index in [0.717, 1.165) is 41.8 Å². The molecule has 2 heterocycles. The zero-order chi connectivity index (χ0) is 19.7. The van der Waals surface area contributed by atoms with Gasteiger partial charge in [0, 0.05) is 6.04 Å². The SMILES string of the molecule is C/C(=C1/S/C(=N/c2nnc(C)s2)N(C2CCCCC2)C1=O)c1ccc(O)cc1. The van der Waals surface area contributed by atoms with Crippen LogP contribution in [0.4, 0.5) is 5.13 Å². The number of amides is 1. The van der Waals surface area contributed by atoms with Gasteiger partial charge in [0.2, 0.25) is 5.13 Å². The zero-order valence-corrected chi connectivity index (χ0v) is 17.5. The average Bonchev–Trinajstić information content (AvgIpc) is 3.25. The first-order valence-corrected chi connectivity index (χ1v) is 11.1. The van der Waals surface area contributed by atoms with Crippen LogP contribution in [0.1, 0.15) is 49.6 Å². The number of phenols is 1. The summed E-state index contributed by atoms with van der Waals surface area (Å²) in [6.45, 7) is 3.84. The molecule has 28 heavy (non-hydrogen) atoms. The Hall–Kier alpha value is -2.19. The molecule has 0 atom stereocenters. The van der Waals surface area contributed by atoms with Crippen LogP contribution in [0.15, 0.2) is 34.2 Å². The Bertz CT molecular complexity index is 943. The van der Waals surface area contributed by atoms with Gasteiger partial charge in [-0.1, -0.05) is 42.7 Å². The Morgan fingerprint density at radius 2 is 1.89 bits per heavy atom. The molecule has 0 bridgehead atoms. The molecule has 1 aromatic carbocycles. The molecule has 2 aromatic rings. The Labute approximate surface area is 172 Å². The van der Waals surface area contributed by atoms with Crippen molar-refractivity contribution in [2.75, 3.05) is 0 Å². The summed E-state index contributed by atoms with van der Waals surface area (Å²) in [5, 5.41) is 19.8. The highest BCUT2D eigenvalue weighted by atomic mass is 32.2. The number of hydrogen-bond donors (Lipinski definition) is 1. The van der Waals surface area contributed by atoms with E-state index < -0.39 is 0 Å². The number of nitrogens with zero attached hydrogens (tertiary/aromatic N) is 4. The van der Waals surface area contributed by atoms with Crippen LogP contribution in [0.2, 0.25) is 0 Å². The van der Waals surface area contributed by atoms with Crippen molar-refractivity contribution in [2.24, 2.45) is 4.99 Å². The first kappa shape index (κ1) is 19.1. The molecule has 146 valence electrons. The zero-order valence-electron chi connectivity index (χ0n) is 15.9. The molecule has 0 spiro atoms. The molecule has 6 nitrogen and oxygen atoms in total. The van der Waals surface area contributed by atoms with Crippen LogP contribution in [0.5, 0.6) is 5.75 Å². The number of aliphatic imine (C=N–C) groups is 1. The van der Waals surface area contributed by atoms with Crippen molar-refractivity contribution in [1.29, 1.82) is 0 Å². The van der Waals surface area contributed by atoms with E-state index in [1.54, 1.807) is 12.1 Å². The smallest absolute Gasteiger partial charge is 0.267 e. The maximum atomic E-state index is 13.4. The summed E-state index contributed by atoms with van der Waals surface area (Å²) in [7, 11) is 0. The molecule has 2 aliphatic rings. The van der Waals surface area contributed by atoms with Crippen molar-refractivity contribution < 1.29 is 9.90 Å². The highest BCUT2D eigenvalue weighted by molar-refractivity contribution is 8.18. The third-order valence-electron chi connectivity index (χ3n) is 5.10. The Balaban J connectivity index is 1.73. The van der Waals surface area contributed by atoms with Gasteiger partial charge in [-0.3, -0.25) is 9.69 Å². The molecule has 0 unspecified atom stereocenters. The number of carbonyl (C=O) groups excluding carboxylic acids is 1. The van der Waals surface area contributed by atoms with Crippen LogP contribution in [-0.2, 0) is 4.79 Å². The molecule has 1 N–H and O–H groups in total. The molecule has 1 saturated heterocycles. The number of aromatic nitrogens is 2. The van der Waals surface area contributed by atoms with Crippen LogP contribution in [0.25, 0.3) is 5.57 Å². The van der Waals surface area contributed by atoms with Crippen LogP contribution in [-0.4, -0.2) is 37.3 Å². The van der Waals surface area contributed by atoms with E-state index in [1.807, 2.05) is 30.9 Å². The van der Waals surface area contributed by atoms with Gasteiger partial charge in [-0.25, -0.2) is 0 Å². The van der Waals surface area contributed by atoms with E-state index in [9.17, 15) is 9.90 Å². The molecule has 1 aliphatic heterocycles. The Morgan fingerprint density at radius 1 is 1.18 bits per heavy atom. The van der Waals surface area contributed by atoms with Crippen LogP contribution in [0, 0.1) is 6.92 Å². The summed E-state index contributed by atoms with van der Waals surface area (Å²) >= 11 is 2.84. The Kier molecular flexibility index (Phi) is 5.50.